The maximum atomic E-state index is 12.2. The summed E-state index contributed by atoms with van der Waals surface area (Å²) in [5, 5.41) is 0. The highest BCUT2D eigenvalue weighted by molar-refractivity contribution is 5.79. The largest absolute Gasteiger partial charge is 0.341 e. The Hall–Kier alpha value is -2.15. The molecule has 0 radical (unpaired) electrons. The van der Waals surface area contributed by atoms with E-state index in [1.54, 1.807) is 17.2 Å². The van der Waals surface area contributed by atoms with Gasteiger partial charge >= 0.3 is 0 Å². The molecule has 1 aromatic rings. The average molecular weight is 292 g/mol. The van der Waals surface area contributed by atoms with E-state index in [9.17, 15) is 14.4 Å². The molecule has 0 aliphatic carbocycles. The Morgan fingerprint density at radius 3 is 2.62 bits per heavy atom. The molecule has 114 valence electrons. The Morgan fingerprint density at radius 2 is 2.05 bits per heavy atom. The highest BCUT2D eigenvalue weighted by atomic mass is 16.2. The van der Waals surface area contributed by atoms with Crippen LogP contribution in [0.1, 0.15) is 18.4 Å². The number of carbonyl (C=O) groups excluding carboxylic acids is 2. The zero-order valence-corrected chi connectivity index (χ0v) is 12.0. The summed E-state index contributed by atoms with van der Waals surface area (Å²) in [6.07, 6.45) is 2.82. The fourth-order valence-corrected chi connectivity index (χ4v) is 2.49. The molecule has 1 aromatic heterocycles. The Morgan fingerprint density at radius 1 is 1.38 bits per heavy atom. The van der Waals surface area contributed by atoms with Crippen LogP contribution in [0.15, 0.2) is 23.1 Å². The van der Waals surface area contributed by atoms with Crippen LogP contribution in [0.3, 0.4) is 0 Å². The summed E-state index contributed by atoms with van der Waals surface area (Å²) in [6.45, 7) is 2.89. The summed E-state index contributed by atoms with van der Waals surface area (Å²) < 4.78 is 1.40. The minimum atomic E-state index is -0.183. The predicted octanol–water partition coefficient (Wildman–Crippen LogP) is -0.615. The van der Waals surface area contributed by atoms with E-state index in [0.717, 1.165) is 5.56 Å². The minimum Gasteiger partial charge on any atom is -0.341 e. The maximum Gasteiger partial charge on any atom is 0.251 e. The Balaban J connectivity index is 1.93. The van der Waals surface area contributed by atoms with Gasteiger partial charge in [0.05, 0.1) is 0 Å². The van der Waals surface area contributed by atoms with Gasteiger partial charge in [0.15, 0.2) is 0 Å². The highest BCUT2D eigenvalue weighted by Crippen LogP contribution is 2.17. The number of rotatable bonds is 3. The van der Waals surface area contributed by atoms with Crippen LogP contribution in [0.4, 0.5) is 0 Å². The molecule has 0 bridgehead atoms. The fraction of sp³-hybridized carbons (Fsp3) is 0.500. The van der Waals surface area contributed by atoms with Crippen LogP contribution in [0.25, 0.3) is 0 Å². The lowest BCUT2D eigenvalue weighted by Crippen LogP contribution is -2.45. The van der Waals surface area contributed by atoms with Gasteiger partial charge in [-0.3, -0.25) is 19.8 Å². The molecule has 7 nitrogen and oxygen atoms in total. The second kappa shape index (κ2) is 6.53. The van der Waals surface area contributed by atoms with Crippen molar-refractivity contribution in [1.82, 2.24) is 14.9 Å². The molecule has 2 amide bonds. The molecule has 21 heavy (non-hydrogen) atoms. The molecule has 0 saturated carbocycles. The third-order valence-electron chi connectivity index (χ3n) is 3.82. The Labute approximate surface area is 122 Å². The monoisotopic (exact) mass is 292 g/mol. The molecule has 0 unspecified atom stereocenters. The first-order chi connectivity index (χ1) is 10.0. The van der Waals surface area contributed by atoms with Crippen molar-refractivity contribution in [2.45, 2.75) is 26.3 Å². The summed E-state index contributed by atoms with van der Waals surface area (Å²) in [7, 11) is 0. The number of hydrazine groups is 1. The van der Waals surface area contributed by atoms with E-state index < -0.39 is 0 Å². The number of hydrogen-bond donors (Lipinski definition) is 2. The lowest BCUT2D eigenvalue weighted by atomic mass is 9.96. The van der Waals surface area contributed by atoms with Gasteiger partial charge in [0, 0.05) is 31.3 Å². The molecule has 7 heteroatoms. The van der Waals surface area contributed by atoms with Crippen LogP contribution in [-0.4, -0.2) is 34.4 Å². The van der Waals surface area contributed by atoms with Crippen LogP contribution < -0.4 is 16.8 Å². The molecule has 2 heterocycles. The van der Waals surface area contributed by atoms with E-state index >= 15 is 0 Å². The van der Waals surface area contributed by atoms with Crippen LogP contribution in [0.2, 0.25) is 0 Å². The van der Waals surface area contributed by atoms with E-state index in [1.807, 2.05) is 6.92 Å². The number of hydrogen-bond acceptors (Lipinski definition) is 4. The first-order valence-electron chi connectivity index (χ1n) is 6.96. The van der Waals surface area contributed by atoms with E-state index in [-0.39, 0.29) is 29.8 Å². The Bertz CT molecular complexity index is 588. The van der Waals surface area contributed by atoms with Crippen molar-refractivity contribution in [3.05, 3.63) is 34.2 Å². The van der Waals surface area contributed by atoms with Crippen LogP contribution in [0, 0.1) is 12.8 Å². The van der Waals surface area contributed by atoms with Crippen LogP contribution in [0.5, 0.6) is 0 Å². The number of pyridine rings is 1. The fourth-order valence-electron chi connectivity index (χ4n) is 2.49. The number of nitrogens with zero attached hydrogens (tertiary/aromatic N) is 2. The summed E-state index contributed by atoms with van der Waals surface area (Å²) in [5.74, 6) is 4.68. The number of piperidine rings is 1. The zero-order valence-electron chi connectivity index (χ0n) is 12.0. The van der Waals surface area contributed by atoms with Crippen LogP contribution in [-0.2, 0) is 16.1 Å². The van der Waals surface area contributed by atoms with Crippen molar-refractivity contribution < 1.29 is 9.59 Å². The van der Waals surface area contributed by atoms with Gasteiger partial charge < -0.3 is 9.47 Å². The van der Waals surface area contributed by atoms with Crippen molar-refractivity contribution in [2.24, 2.45) is 11.8 Å². The second-order valence-electron chi connectivity index (χ2n) is 5.33. The molecule has 0 aromatic carbocycles. The quantitative estimate of drug-likeness (QED) is 0.441. The van der Waals surface area contributed by atoms with Gasteiger partial charge in [-0.25, -0.2) is 5.84 Å². The SMILES string of the molecule is Cc1ccn(CC(=O)N2CCC(C(=O)NN)CC2)c(=O)c1. The number of nitrogens with one attached hydrogen (secondary N) is 1. The van der Waals surface area contributed by atoms with Crippen molar-refractivity contribution in [1.29, 1.82) is 0 Å². The summed E-state index contributed by atoms with van der Waals surface area (Å²) >= 11 is 0. The van der Waals surface area contributed by atoms with Gasteiger partial charge in [-0.15, -0.1) is 0 Å². The third-order valence-corrected chi connectivity index (χ3v) is 3.82. The molecule has 0 atom stereocenters. The molecule has 1 aliphatic heterocycles. The van der Waals surface area contributed by atoms with E-state index in [1.165, 1.54) is 10.6 Å². The van der Waals surface area contributed by atoms with Gasteiger partial charge in [0.1, 0.15) is 6.54 Å². The van der Waals surface area contributed by atoms with E-state index in [0.29, 0.717) is 25.9 Å². The topological polar surface area (TPSA) is 97.4 Å². The normalized spacial score (nSPS) is 15.8. The standard InChI is InChI=1S/C14H20N4O3/c1-10-2-5-18(12(19)8-10)9-13(20)17-6-3-11(4-7-17)14(21)16-15/h2,5,8,11H,3-4,6-7,9,15H2,1H3,(H,16,21). The number of likely N-dealkylation sites (tertiary alicyclic amines) is 1. The minimum absolute atomic E-state index is 0.0346. The number of amides is 2. The molecule has 1 saturated heterocycles. The number of carbonyl (C=O) groups is 2. The first-order valence-corrected chi connectivity index (χ1v) is 6.96. The van der Waals surface area contributed by atoms with Crippen molar-refractivity contribution in [2.75, 3.05) is 13.1 Å². The highest BCUT2D eigenvalue weighted by Gasteiger charge is 2.26. The molecular weight excluding hydrogens is 272 g/mol. The molecule has 2 rings (SSSR count). The summed E-state index contributed by atoms with van der Waals surface area (Å²) in [6, 6.07) is 3.30. The average Bonchev–Trinajstić information content (AvgIpc) is 2.49. The second-order valence-corrected chi connectivity index (χ2v) is 5.33. The predicted molar refractivity (Wildman–Crippen MR) is 77.1 cm³/mol. The maximum absolute atomic E-state index is 12.2. The number of aryl methyl sites for hydroxylation is 1. The van der Waals surface area contributed by atoms with Gasteiger partial charge in [0.25, 0.3) is 5.56 Å². The smallest absolute Gasteiger partial charge is 0.251 e. The zero-order chi connectivity index (χ0) is 15.4. The molecule has 1 fully saturated rings. The van der Waals surface area contributed by atoms with Crippen molar-refractivity contribution >= 4 is 11.8 Å². The van der Waals surface area contributed by atoms with Gasteiger partial charge in [0.2, 0.25) is 11.8 Å². The van der Waals surface area contributed by atoms with Crippen molar-refractivity contribution in [3.8, 4) is 0 Å². The molecule has 1 aliphatic rings. The van der Waals surface area contributed by atoms with E-state index in [4.69, 9.17) is 5.84 Å². The molecular formula is C14H20N4O3. The van der Waals surface area contributed by atoms with Crippen LogP contribution >= 0.6 is 0 Å². The first kappa shape index (κ1) is 15.2. The lowest BCUT2D eigenvalue weighted by Gasteiger charge is -2.31. The summed E-state index contributed by atoms with van der Waals surface area (Å²) in [4.78, 5) is 37.1. The van der Waals surface area contributed by atoms with E-state index in [2.05, 4.69) is 5.43 Å². The molecule has 0 spiro atoms. The summed E-state index contributed by atoms with van der Waals surface area (Å²) in [5.41, 5.74) is 2.84. The lowest BCUT2D eigenvalue weighted by molar-refractivity contribution is -0.136. The van der Waals surface area contributed by atoms with Gasteiger partial charge in [-0.2, -0.15) is 0 Å². The number of aromatic nitrogens is 1. The van der Waals surface area contributed by atoms with Crippen molar-refractivity contribution in [3.63, 3.8) is 0 Å². The molecule has 3 N–H and O–H groups in total. The number of nitrogens with two attached hydrogens (primary N) is 1. The van der Waals surface area contributed by atoms with Gasteiger partial charge in [-0.1, -0.05) is 0 Å². The van der Waals surface area contributed by atoms with Gasteiger partial charge in [-0.05, 0) is 31.4 Å². The Kier molecular flexibility index (Phi) is 4.74. The third kappa shape index (κ3) is 3.69.